The first-order chi connectivity index (χ1) is 63.5. The van der Waals surface area contributed by atoms with Crippen LogP contribution in [0.25, 0.3) is 0 Å². The summed E-state index contributed by atoms with van der Waals surface area (Å²) in [4.78, 5) is 252. The van der Waals surface area contributed by atoms with Crippen molar-refractivity contribution in [2.24, 2.45) is 57.7 Å². The van der Waals surface area contributed by atoms with E-state index in [0.29, 0.717) is 5.56 Å². The van der Waals surface area contributed by atoms with E-state index in [-0.39, 0.29) is 145 Å². The number of amides is 18. The van der Waals surface area contributed by atoms with Gasteiger partial charge in [-0.3, -0.25) is 82.1 Å². The van der Waals surface area contributed by atoms with Gasteiger partial charge in [-0.15, -0.1) is 0 Å². The number of aliphatic hydroxyl groups excluding tert-OH is 3. The lowest BCUT2D eigenvalue weighted by molar-refractivity contribution is -0.142. The van der Waals surface area contributed by atoms with Gasteiger partial charge in [-0.25, -0.2) is 9.59 Å². The van der Waals surface area contributed by atoms with Crippen molar-refractivity contribution in [1.82, 2.24) is 90.0 Å². The summed E-state index contributed by atoms with van der Waals surface area (Å²) in [7, 11) is 0. The second kappa shape index (κ2) is 59.0. The highest BCUT2D eigenvalue weighted by molar-refractivity contribution is 7.81. The molecule has 135 heavy (non-hydrogen) atoms. The number of phenolic OH excluding ortho intramolecular Hbond substituents is 2. The number of urea groups is 1. The Kier molecular flexibility index (Phi) is 51.1. The highest BCUT2D eigenvalue weighted by Crippen LogP contribution is 2.25. The molecule has 39 N–H and O–H groups in total. The van der Waals surface area contributed by atoms with Crippen molar-refractivity contribution in [3.05, 3.63) is 59.7 Å². The molecular formula is C83H138N26O24S2. The summed E-state index contributed by atoms with van der Waals surface area (Å²) in [6.45, 7) is 8.11. The number of nitrogens with zero attached hydrogens (tertiary/aromatic N) is 1. The molecule has 1 saturated heterocycles. The van der Waals surface area contributed by atoms with Gasteiger partial charge in [-0.1, -0.05) is 58.4 Å². The average Bonchev–Trinajstić information content (AvgIpc) is 1.68. The Bertz CT molecular complexity index is 4330. The average molecular weight is 1950 g/mol. The lowest BCUT2D eigenvalue weighted by Gasteiger charge is -2.34. The smallest absolute Gasteiger partial charge is 0.326 e. The van der Waals surface area contributed by atoms with Crippen molar-refractivity contribution >= 4 is 138 Å². The Hall–Kier alpha value is -12.0. The van der Waals surface area contributed by atoms with Crippen molar-refractivity contribution < 1.29 is 117 Å². The van der Waals surface area contributed by atoms with Crippen LogP contribution in [-0.2, 0) is 94.3 Å². The highest BCUT2D eigenvalue weighted by atomic mass is 32.1. The number of aliphatic carboxylic acids is 1. The number of nitrogens with one attached hydrogen (secondary N) is 17. The van der Waals surface area contributed by atoms with Crippen LogP contribution in [0, 0.1) is 17.2 Å². The maximum Gasteiger partial charge on any atom is 0.326 e. The van der Waals surface area contributed by atoms with E-state index in [1.54, 1.807) is 27.7 Å². The van der Waals surface area contributed by atoms with Crippen LogP contribution in [-0.4, -0.2) is 320 Å². The van der Waals surface area contributed by atoms with Crippen LogP contribution in [0.4, 0.5) is 4.79 Å². The maximum atomic E-state index is 14.7. The number of primary amides is 2. The summed E-state index contributed by atoms with van der Waals surface area (Å²) in [6.07, 6.45) is -6.17. The maximum absolute atomic E-state index is 14.7. The monoisotopic (exact) mass is 1950 g/mol. The molecule has 0 unspecified atom stereocenters. The number of thiol groups is 2. The molecule has 2 aromatic rings. The lowest BCUT2D eigenvalue weighted by atomic mass is 9.95. The van der Waals surface area contributed by atoms with Crippen LogP contribution in [0.1, 0.15) is 143 Å². The van der Waals surface area contributed by atoms with Crippen molar-refractivity contribution in [3.63, 3.8) is 0 Å². The number of carboxylic acid groups (broad SMARTS) is 1. The third-order valence-corrected chi connectivity index (χ3v) is 22.3. The number of nitrogens with two attached hydrogens (primary N) is 8. The molecule has 756 valence electrons. The molecule has 50 nitrogen and oxygen atoms in total. The number of unbranched alkanes of at least 4 members (excludes halogenated alkanes) is 1. The van der Waals surface area contributed by atoms with Crippen LogP contribution in [0.5, 0.6) is 11.5 Å². The van der Waals surface area contributed by atoms with Gasteiger partial charge in [0.1, 0.15) is 102 Å². The first-order valence-corrected chi connectivity index (χ1v) is 45.2. The molecule has 0 radical (unpaired) electrons. The first kappa shape index (κ1) is 117. The summed E-state index contributed by atoms with van der Waals surface area (Å²) < 4.78 is -1.49. The van der Waals surface area contributed by atoms with E-state index in [4.69, 9.17) is 51.3 Å². The Balaban J connectivity index is 1.94. The van der Waals surface area contributed by atoms with Gasteiger partial charge < -0.3 is 166 Å². The largest absolute Gasteiger partial charge is 0.508 e. The van der Waals surface area contributed by atoms with E-state index in [2.05, 4.69) is 110 Å². The van der Waals surface area contributed by atoms with Gasteiger partial charge in [0.2, 0.25) is 94.5 Å². The molecule has 0 aromatic heterocycles. The number of carbonyl (C=O) groups is 18. The first-order valence-electron chi connectivity index (χ1n) is 44.1. The number of aliphatic hydroxyl groups is 3. The minimum absolute atomic E-state index is 0.0499. The Morgan fingerprint density at radius 1 is 0.481 bits per heavy atom. The van der Waals surface area contributed by atoms with E-state index in [0.717, 1.165) is 11.8 Å². The fourth-order valence-corrected chi connectivity index (χ4v) is 14.2. The van der Waals surface area contributed by atoms with Gasteiger partial charge in [0.05, 0.1) is 31.3 Å². The number of hydrogen-bond acceptors (Lipinski definition) is 31. The number of carboxylic acids is 1. The molecule has 0 saturated carbocycles. The summed E-state index contributed by atoms with van der Waals surface area (Å²) in [6, 6.07) is -16.2. The normalized spacial score (nSPS) is 16.8. The molecule has 1 heterocycles. The van der Waals surface area contributed by atoms with Crippen LogP contribution >= 0.6 is 25.3 Å². The van der Waals surface area contributed by atoms with E-state index < -0.39 is 264 Å². The second-order valence-corrected chi connectivity index (χ2v) is 35.1. The Labute approximate surface area is 791 Å². The van der Waals surface area contributed by atoms with Crippen LogP contribution in [0.2, 0.25) is 0 Å². The molecule has 1 fully saturated rings. The number of likely N-dealkylation sites (tertiary alicyclic amines) is 1. The number of phenols is 2. The van der Waals surface area contributed by atoms with Crippen LogP contribution in [0.15, 0.2) is 48.5 Å². The molecule has 52 heteroatoms. The predicted molar refractivity (Wildman–Crippen MR) is 496 cm³/mol. The standard InChI is InChI=1S/C83H138N26O24S2/c1-8-41(4)62(106-75(126)59-35-47(114)37-109(59)79(130)61(89)40(2)3)76(127)108-64(83(6,7)135)78(129)102-54(33-43-16-20-45(112)21-17-43)71(122)104-57(38-110)73(124)101-55(36-60(88)115)72(123)97-50(14-11-31-93-81(90)91)67(118)99-53(26-30-87)70(121)107-63(42(5)111)77(128)100-52(25-29-86)68(119)95-48(13-9-10-27-84)65(116)96-49(15-12-32-94-82(92)133)66(117)98-51(24-28-85)69(120)105-58(39-134)74(125)103-56(80(131)132)34-44-18-22-46(113)23-19-44/h16-23,40-42,47-59,61-64,110-114,134-135H,8-15,24-39,84-87,89H2,1-7H3,(H2,88,115)(H,95,119)(H,96,116)(H,97,123)(H,98,117)(H,99,118)(H,100,128)(H,101,124)(H,102,129)(H,103,125)(H,104,122)(H,105,120)(H,106,126)(H,107,121)(H,108,127)(H,131,132)(H4,90,91,93)(H3,92,94,133)/t41-,42+,47+,48-,49-,50-,51-,52+,53-,54-,55-,56-,57-,58-,59-,61-,62-,63-,64+/m0/s1. The molecule has 18 amide bonds. The molecule has 0 bridgehead atoms. The summed E-state index contributed by atoms with van der Waals surface area (Å²) >= 11 is 8.79. The zero-order chi connectivity index (χ0) is 102. The molecule has 1 aliphatic rings. The van der Waals surface area contributed by atoms with Gasteiger partial charge in [0.25, 0.3) is 0 Å². The Morgan fingerprint density at radius 3 is 1.27 bits per heavy atom. The quantitative estimate of drug-likeness (QED) is 0.0127. The van der Waals surface area contributed by atoms with Crippen molar-refractivity contribution in [3.8, 4) is 11.5 Å². The van der Waals surface area contributed by atoms with Gasteiger partial charge in [-0.2, -0.15) is 25.3 Å². The zero-order valence-electron chi connectivity index (χ0n) is 76.6. The van der Waals surface area contributed by atoms with Gasteiger partial charge >= 0.3 is 12.0 Å². The van der Waals surface area contributed by atoms with E-state index >= 15 is 0 Å². The SMILES string of the molecule is CC[C@H](C)[C@H](NC(=O)[C@@H]1C[C@@H](O)CN1C(=O)[C@@H](N)C(C)C)C(=O)N[C@H](C(=O)N[C@@H](Cc1ccc(O)cc1)C(=O)N[C@@H](CO)C(=O)N[C@@H](CC(N)=O)C(=O)N[C@@H](CCCNC(=N)N)C(=O)N[C@@H](CCN)C(=O)N[C@H](C(=O)N[C@H](CCN)C(=O)N[C@@H](CCCCN)C(=O)N[C@@H](CCCNC(N)=O)C(=O)N[C@@H](CCN)C(=O)N[C@@H](CS)C(=O)N[C@@H](Cc1ccc(O)cc1)C(=O)O)[C@@H](C)O)C(C)(C)S. The summed E-state index contributed by atoms with van der Waals surface area (Å²) in [5, 5.41) is 109. The van der Waals surface area contributed by atoms with Gasteiger partial charge in [0, 0.05) is 49.4 Å². The molecule has 2 aromatic carbocycles. The van der Waals surface area contributed by atoms with E-state index in [1.165, 1.54) is 62.4 Å². The number of hydrogen-bond donors (Lipinski definition) is 33. The minimum Gasteiger partial charge on any atom is -0.508 e. The summed E-state index contributed by atoms with van der Waals surface area (Å²) in [5.74, 6) is -20.9. The molecule has 0 spiro atoms. The van der Waals surface area contributed by atoms with Crippen molar-refractivity contribution in [2.75, 3.05) is 58.2 Å². The third-order valence-electron chi connectivity index (χ3n) is 21.7. The zero-order valence-corrected chi connectivity index (χ0v) is 78.4. The van der Waals surface area contributed by atoms with Gasteiger partial charge in [-0.05, 0) is 158 Å². The number of benzene rings is 2. The van der Waals surface area contributed by atoms with E-state index in [9.17, 15) is 117 Å². The van der Waals surface area contributed by atoms with Gasteiger partial charge in [0.15, 0.2) is 5.96 Å². The molecule has 19 atom stereocenters. The summed E-state index contributed by atoms with van der Waals surface area (Å²) in [5.41, 5.74) is 46.7. The second-order valence-electron chi connectivity index (χ2n) is 33.6. The van der Waals surface area contributed by atoms with Crippen LogP contribution in [0.3, 0.4) is 0 Å². The molecule has 3 rings (SSSR count). The topological polar surface area (TPSA) is 856 Å². The minimum atomic E-state index is -2.05. The third kappa shape index (κ3) is 40.6. The van der Waals surface area contributed by atoms with Crippen molar-refractivity contribution in [1.29, 1.82) is 5.41 Å². The van der Waals surface area contributed by atoms with E-state index in [1.807, 2.05) is 0 Å². The predicted octanol–water partition coefficient (Wildman–Crippen LogP) is -10.5. The molecule has 0 aliphatic carbocycles. The fourth-order valence-electron chi connectivity index (χ4n) is 13.8. The number of carbonyl (C=O) groups excluding carboxylic acids is 17. The number of rotatable bonds is 61. The van der Waals surface area contributed by atoms with Crippen molar-refractivity contribution in [2.45, 2.75) is 258 Å². The fraction of sp³-hybridized carbons (Fsp3) is 0.627. The lowest BCUT2D eigenvalue weighted by Crippen LogP contribution is -2.64. The highest BCUT2D eigenvalue weighted by Gasteiger charge is 2.46. The molecular weight excluding hydrogens is 1810 g/mol. The number of β-amino-alcohol motifs (C(OH)–C–C–N with tert-alkyl or cyclic N) is 1. The number of aromatic hydroxyl groups is 2. The Morgan fingerprint density at radius 2 is 0.859 bits per heavy atom. The number of guanidine groups is 1. The van der Waals surface area contributed by atoms with Crippen LogP contribution < -0.4 is 131 Å². The molecule has 1 aliphatic heterocycles.